The lowest BCUT2D eigenvalue weighted by Gasteiger charge is -2.33. The maximum Gasteiger partial charge on any atom is 0.323 e. The van der Waals surface area contributed by atoms with Gasteiger partial charge in [-0.1, -0.05) is 35.3 Å². The van der Waals surface area contributed by atoms with E-state index >= 15 is 0 Å². The maximum absolute atomic E-state index is 12.3. The third kappa shape index (κ3) is 4.32. The second-order valence-corrected chi connectivity index (χ2v) is 7.74. The molecule has 0 aromatic heterocycles. The number of carbonyl (C=O) groups excluding carboxylic acids is 1. The highest BCUT2D eigenvalue weighted by atomic mass is 35.5. The number of aryl methyl sites for hydroxylation is 1. The molecular formula is C20H24Cl2N4O. The van der Waals surface area contributed by atoms with Crippen LogP contribution in [0, 0.1) is 0 Å². The normalized spacial score (nSPS) is 13.6. The maximum atomic E-state index is 12.3. The molecule has 0 aliphatic carbocycles. The molecule has 7 heteroatoms. The van der Waals surface area contributed by atoms with Gasteiger partial charge >= 0.3 is 6.03 Å². The number of nitrogens with two attached hydrogens (primary N) is 1. The fourth-order valence-electron chi connectivity index (χ4n) is 3.38. The van der Waals surface area contributed by atoms with Gasteiger partial charge in [-0.3, -0.25) is 4.90 Å². The van der Waals surface area contributed by atoms with Crippen LogP contribution < -0.4 is 15.5 Å². The number of primary amides is 1. The summed E-state index contributed by atoms with van der Waals surface area (Å²) in [5.74, 6) is 0. The van der Waals surface area contributed by atoms with Crippen LogP contribution in [0.5, 0.6) is 0 Å². The largest absolute Gasteiger partial charge is 0.370 e. The summed E-state index contributed by atoms with van der Waals surface area (Å²) in [6.07, 6.45) is 2.15. The van der Waals surface area contributed by atoms with Gasteiger partial charge in [-0.25, -0.2) is 4.79 Å². The van der Waals surface area contributed by atoms with Crippen molar-refractivity contribution in [3.63, 3.8) is 0 Å². The summed E-state index contributed by atoms with van der Waals surface area (Å²) in [4.78, 5) is 18.2. The number of hydrogen-bond acceptors (Lipinski definition) is 3. The first-order valence-corrected chi connectivity index (χ1v) is 9.70. The first-order valence-electron chi connectivity index (χ1n) is 8.94. The second kappa shape index (κ2) is 8.38. The summed E-state index contributed by atoms with van der Waals surface area (Å²) >= 11 is 12.5. The number of urea groups is 1. The number of fused-ring (bicyclic) bond motifs is 1. The summed E-state index contributed by atoms with van der Waals surface area (Å²) in [6.45, 7) is 2.89. The van der Waals surface area contributed by atoms with Gasteiger partial charge in [0.2, 0.25) is 0 Å². The number of halogens is 2. The van der Waals surface area contributed by atoms with E-state index in [2.05, 4.69) is 30.0 Å². The summed E-state index contributed by atoms with van der Waals surface area (Å²) in [5.41, 5.74) is 9.28. The smallest absolute Gasteiger partial charge is 0.323 e. The Balaban J connectivity index is 2.01. The fourth-order valence-corrected chi connectivity index (χ4v) is 3.76. The molecule has 2 N–H and O–H groups in total. The lowest BCUT2D eigenvalue weighted by molar-refractivity contribution is 0.256. The van der Waals surface area contributed by atoms with Crippen LogP contribution in [0.15, 0.2) is 36.4 Å². The molecule has 27 heavy (non-hydrogen) atoms. The minimum Gasteiger partial charge on any atom is -0.370 e. The molecule has 0 saturated carbocycles. The summed E-state index contributed by atoms with van der Waals surface area (Å²) in [7, 11) is 4.13. The molecule has 0 fully saturated rings. The number of carbonyl (C=O) groups is 1. The fraction of sp³-hybridized carbons (Fsp3) is 0.350. The van der Waals surface area contributed by atoms with Crippen molar-refractivity contribution in [1.29, 1.82) is 0 Å². The van der Waals surface area contributed by atoms with Crippen LogP contribution in [-0.4, -0.2) is 44.7 Å². The van der Waals surface area contributed by atoms with Gasteiger partial charge in [-0.05, 0) is 56.8 Å². The Hall–Kier alpha value is -1.95. The first kappa shape index (κ1) is 19.8. The number of amides is 2. The molecule has 0 spiro atoms. The van der Waals surface area contributed by atoms with E-state index < -0.39 is 6.03 Å². The highest BCUT2D eigenvalue weighted by Crippen LogP contribution is 2.39. The van der Waals surface area contributed by atoms with Crippen molar-refractivity contribution in [2.45, 2.75) is 12.8 Å². The van der Waals surface area contributed by atoms with Crippen LogP contribution in [0.2, 0.25) is 10.0 Å². The third-order valence-electron chi connectivity index (χ3n) is 4.75. The van der Waals surface area contributed by atoms with Crippen molar-refractivity contribution in [1.82, 2.24) is 4.90 Å². The lowest BCUT2D eigenvalue weighted by atomic mass is 10.0. The van der Waals surface area contributed by atoms with Gasteiger partial charge in [0, 0.05) is 25.3 Å². The van der Waals surface area contributed by atoms with Crippen LogP contribution in [-0.2, 0) is 6.42 Å². The minimum atomic E-state index is -0.602. The van der Waals surface area contributed by atoms with Gasteiger partial charge < -0.3 is 15.5 Å². The van der Waals surface area contributed by atoms with E-state index in [1.807, 2.05) is 12.1 Å². The highest BCUT2D eigenvalue weighted by Gasteiger charge is 2.23. The summed E-state index contributed by atoms with van der Waals surface area (Å²) in [6, 6.07) is 10.6. The molecule has 1 aliphatic heterocycles. The van der Waals surface area contributed by atoms with Gasteiger partial charge in [-0.15, -0.1) is 0 Å². The summed E-state index contributed by atoms with van der Waals surface area (Å²) in [5, 5.41) is 0.686. The van der Waals surface area contributed by atoms with Crippen LogP contribution >= 0.6 is 23.2 Å². The lowest BCUT2D eigenvalue weighted by Crippen LogP contribution is -2.36. The molecule has 144 valence electrons. The minimum absolute atomic E-state index is 0.306. The monoisotopic (exact) mass is 406 g/mol. The number of rotatable bonds is 5. The quantitative estimate of drug-likeness (QED) is 0.793. The Morgan fingerprint density at radius 2 is 2.00 bits per heavy atom. The predicted molar refractivity (Wildman–Crippen MR) is 114 cm³/mol. The van der Waals surface area contributed by atoms with E-state index in [0.29, 0.717) is 21.4 Å². The van der Waals surface area contributed by atoms with Gasteiger partial charge in [-0.2, -0.15) is 0 Å². The molecule has 2 aromatic carbocycles. The standard InChI is InChI=1S/C20H24Cl2N4O/c1-24(2)11-12-25-10-4-5-14-8-9-15(13-18(14)25)26(20(23)27)17-7-3-6-16(21)19(17)22/h3,6-9,13H,4-5,10-12H2,1-2H3,(H2,23,27). The number of nitrogens with zero attached hydrogens (tertiary/aromatic N) is 3. The van der Waals surface area contributed by atoms with Crippen LogP contribution in [0.3, 0.4) is 0 Å². The predicted octanol–water partition coefficient (Wildman–Crippen LogP) is 4.52. The molecule has 3 rings (SSSR count). The zero-order valence-corrected chi connectivity index (χ0v) is 17.1. The average Bonchev–Trinajstić information content (AvgIpc) is 2.63. The molecule has 1 heterocycles. The first-order chi connectivity index (χ1) is 12.9. The van der Waals surface area contributed by atoms with E-state index in [-0.39, 0.29) is 0 Å². The van der Waals surface area contributed by atoms with Crippen molar-refractivity contribution in [2.24, 2.45) is 5.73 Å². The van der Waals surface area contributed by atoms with E-state index in [0.717, 1.165) is 38.2 Å². The Labute approximate surface area is 170 Å². The topological polar surface area (TPSA) is 52.8 Å². The molecule has 5 nitrogen and oxygen atoms in total. The third-order valence-corrected chi connectivity index (χ3v) is 5.56. The van der Waals surface area contributed by atoms with Crippen molar-refractivity contribution < 1.29 is 4.79 Å². The van der Waals surface area contributed by atoms with Crippen LogP contribution in [0.25, 0.3) is 0 Å². The van der Waals surface area contributed by atoms with Gasteiger partial charge in [0.25, 0.3) is 0 Å². The van der Waals surface area contributed by atoms with Crippen molar-refractivity contribution in [3.05, 3.63) is 52.0 Å². The number of anilines is 3. The van der Waals surface area contributed by atoms with E-state index in [9.17, 15) is 4.79 Å². The Kier molecular flexibility index (Phi) is 6.15. The van der Waals surface area contributed by atoms with Gasteiger partial charge in [0.1, 0.15) is 0 Å². The Morgan fingerprint density at radius 1 is 1.22 bits per heavy atom. The van der Waals surface area contributed by atoms with Gasteiger partial charge in [0.05, 0.1) is 21.4 Å². The zero-order valence-electron chi connectivity index (χ0n) is 15.6. The molecule has 1 aliphatic rings. The van der Waals surface area contributed by atoms with Crippen molar-refractivity contribution in [3.8, 4) is 0 Å². The molecule has 2 aromatic rings. The Morgan fingerprint density at radius 3 is 2.70 bits per heavy atom. The van der Waals surface area contributed by atoms with Crippen LogP contribution in [0.1, 0.15) is 12.0 Å². The second-order valence-electron chi connectivity index (χ2n) is 6.95. The van der Waals surface area contributed by atoms with E-state index in [1.165, 1.54) is 10.5 Å². The number of likely N-dealkylation sites (N-methyl/N-ethyl adjacent to an activating group) is 1. The molecule has 0 unspecified atom stereocenters. The molecule has 0 bridgehead atoms. The average molecular weight is 407 g/mol. The molecule has 0 radical (unpaired) electrons. The van der Waals surface area contributed by atoms with Crippen LogP contribution in [0.4, 0.5) is 21.9 Å². The molecule has 2 amide bonds. The highest BCUT2D eigenvalue weighted by molar-refractivity contribution is 6.44. The van der Waals surface area contributed by atoms with Crippen molar-refractivity contribution >= 4 is 46.3 Å². The summed E-state index contributed by atoms with van der Waals surface area (Å²) < 4.78 is 0. The molecule has 0 saturated heterocycles. The van der Waals surface area contributed by atoms with E-state index in [4.69, 9.17) is 28.9 Å². The van der Waals surface area contributed by atoms with E-state index in [1.54, 1.807) is 18.2 Å². The Bertz CT molecular complexity index is 841. The van der Waals surface area contributed by atoms with Gasteiger partial charge in [0.15, 0.2) is 0 Å². The molecular weight excluding hydrogens is 383 g/mol. The van der Waals surface area contributed by atoms with Crippen molar-refractivity contribution in [2.75, 3.05) is 43.5 Å². The number of hydrogen-bond donors (Lipinski definition) is 1. The molecule has 0 atom stereocenters. The zero-order chi connectivity index (χ0) is 19.6. The number of benzene rings is 2. The SMILES string of the molecule is CN(C)CCN1CCCc2ccc(N(C(N)=O)c3cccc(Cl)c3Cl)cc21.